The van der Waals surface area contributed by atoms with E-state index in [9.17, 15) is 13.2 Å². The molecule has 116 valence electrons. The molecule has 0 unspecified atom stereocenters. The molecule has 0 saturated heterocycles. The molecule has 1 heterocycles. The van der Waals surface area contributed by atoms with Crippen LogP contribution in [0.15, 0.2) is 35.5 Å². The molecule has 2 nitrogen and oxygen atoms in total. The summed E-state index contributed by atoms with van der Waals surface area (Å²) in [5.74, 6) is 0. The monoisotopic (exact) mass is 326 g/mol. The second-order valence-corrected chi connectivity index (χ2v) is 5.14. The fourth-order valence-corrected chi connectivity index (χ4v) is 2.68. The van der Waals surface area contributed by atoms with Crippen molar-refractivity contribution in [2.24, 2.45) is 4.99 Å². The van der Waals surface area contributed by atoms with E-state index in [0.717, 1.165) is 0 Å². The first kappa shape index (κ1) is 16.5. The van der Waals surface area contributed by atoms with E-state index in [2.05, 4.69) is 16.7 Å². The van der Waals surface area contributed by atoms with Crippen molar-refractivity contribution >= 4 is 24.0 Å². The number of nitrogens with zero attached hydrogens (tertiary/aromatic N) is 2. The van der Waals surface area contributed by atoms with Gasteiger partial charge in [0.25, 0.3) is 0 Å². The van der Waals surface area contributed by atoms with Gasteiger partial charge in [0.05, 0.1) is 16.4 Å². The average Bonchev–Trinajstić information content (AvgIpc) is 2.48. The van der Waals surface area contributed by atoms with E-state index in [1.165, 1.54) is 6.07 Å². The van der Waals surface area contributed by atoms with E-state index < -0.39 is 16.8 Å². The molecule has 0 fully saturated rings. The Labute approximate surface area is 131 Å². The fraction of sp³-hybridized carbons (Fsp3) is 0.250. The van der Waals surface area contributed by atoms with Crippen molar-refractivity contribution in [3.05, 3.63) is 46.6 Å². The topological polar surface area (TPSA) is 25.2 Å². The molecule has 0 amide bonds. The summed E-state index contributed by atoms with van der Waals surface area (Å²) in [6, 6.07) is 6.54. The van der Waals surface area contributed by atoms with Crippen LogP contribution in [-0.4, -0.2) is 11.7 Å². The van der Waals surface area contributed by atoms with E-state index in [1.807, 2.05) is 6.92 Å². The molecular weight excluding hydrogens is 313 g/mol. The highest BCUT2D eigenvalue weighted by Crippen LogP contribution is 2.46. The maximum absolute atomic E-state index is 13.3. The van der Waals surface area contributed by atoms with Gasteiger partial charge in [0.1, 0.15) is 5.56 Å². The summed E-state index contributed by atoms with van der Waals surface area (Å²) >= 11 is 5.88. The third kappa shape index (κ3) is 3.14. The van der Waals surface area contributed by atoms with Crippen molar-refractivity contribution in [1.29, 1.82) is 0 Å². The first-order chi connectivity index (χ1) is 10.4. The van der Waals surface area contributed by atoms with E-state index in [0.29, 0.717) is 29.7 Å². The van der Waals surface area contributed by atoms with Crippen molar-refractivity contribution in [1.82, 2.24) is 4.98 Å². The number of alkyl halides is 3. The van der Waals surface area contributed by atoms with Crippen LogP contribution in [0, 0.1) is 0 Å². The maximum Gasteiger partial charge on any atom is 0.419 e. The van der Waals surface area contributed by atoms with Gasteiger partial charge >= 0.3 is 6.18 Å². The van der Waals surface area contributed by atoms with Crippen molar-refractivity contribution < 1.29 is 13.2 Å². The molecule has 22 heavy (non-hydrogen) atoms. The Morgan fingerprint density at radius 2 is 2.05 bits per heavy atom. The zero-order chi connectivity index (χ0) is 16.3. The molecule has 1 aromatic heterocycles. The van der Waals surface area contributed by atoms with Gasteiger partial charge in [-0.3, -0.25) is 9.98 Å². The minimum Gasteiger partial charge on any atom is -0.264 e. The van der Waals surface area contributed by atoms with Gasteiger partial charge in [-0.25, -0.2) is 0 Å². The zero-order valence-electron chi connectivity index (χ0n) is 11.9. The molecule has 0 spiro atoms. The van der Waals surface area contributed by atoms with Crippen LogP contribution in [0.1, 0.15) is 24.5 Å². The first-order valence-electron chi connectivity index (χ1n) is 6.70. The largest absolute Gasteiger partial charge is 0.419 e. The van der Waals surface area contributed by atoms with Gasteiger partial charge in [0.15, 0.2) is 0 Å². The van der Waals surface area contributed by atoms with Crippen molar-refractivity contribution in [2.45, 2.75) is 25.9 Å². The number of aromatic nitrogens is 1. The molecule has 2 rings (SSSR count). The predicted octanol–water partition coefficient (Wildman–Crippen LogP) is 5.71. The lowest BCUT2D eigenvalue weighted by molar-refractivity contribution is -0.136. The molecule has 0 aliphatic carbocycles. The van der Waals surface area contributed by atoms with Gasteiger partial charge < -0.3 is 0 Å². The molecule has 0 N–H and O–H groups in total. The quantitative estimate of drug-likeness (QED) is 0.661. The lowest BCUT2D eigenvalue weighted by atomic mass is 9.94. The smallest absolute Gasteiger partial charge is 0.264 e. The van der Waals surface area contributed by atoms with Crippen LogP contribution in [0.2, 0.25) is 5.02 Å². The van der Waals surface area contributed by atoms with E-state index in [1.54, 1.807) is 24.4 Å². The summed E-state index contributed by atoms with van der Waals surface area (Å²) in [5, 5.41) is -0.393. The van der Waals surface area contributed by atoms with Gasteiger partial charge in [-0.15, -0.1) is 0 Å². The van der Waals surface area contributed by atoms with Crippen LogP contribution in [0.25, 0.3) is 11.3 Å². The highest BCUT2D eigenvalue weighted by Gasteiger charge is 2.38. The van der Waals surface area contributed by atoms with Gasteiger partial charge in [-0.05, 0) is 36.9 Å². The predicted molar refractivity (Wildman–Crippen MR) is 82.9 cm³/mol. The van der Waals surface area contributed by atoms with Crippen LogP contribution in [0.3, 0.4) is 0 Å². The summed E-state index contributed by atoms with van der Waals surface area (Å²) in [6.07, 6.45) is -1.90. The Bertz CT molecular complexity index is 682. The normalized spacial score (nSPS) is 11.5. The highest BCUT2D eigenvalue weighted by atomic mass is 35.5. The van der Waals surface area contributed by atoms with Gasteiger partial charge in [0, 0.05) is 11.8 Å². The Balaban J connectivity index is 2.81. The molecule has 0 aliphatic rings. The van der Waals surface area contributed by atoms with Gasteiger partial charge in [-0.1, -0.05) is 31.0 Å². The number of halogens is 4. The van der Waals surface area contributed by atoms with Crippen LogP contribution < -0.4 is 0 Å². The molecule has 0 saturated carbocycles. The molecule has 6 heteroatoms. The minimum atomic E-state index is -4.58. The summed E-state index contributed by atoms with van der Waals surface area (Å²) in [5.41, 5.74) is 0.442. The molecule has 0 aliphatic heterocycles. The van der Waals surface area contributed by atoms with Crippen molar-refractivity contribution in [3.63, 3.8) is 0 Å². The third-order valence-corrected chi connectivity index (χ3v) is 3.54. The molecule has 0 atom stereocenters. The second-order valence-electron chi connectivity index (χ2n) is 4.73. The van der Waals surface area contributed by atoms with E-state index in [-0.39, 0.29) is 5.69 Å². The van der Waals surface area contributed by atoms with Crippen LogP contribution in [-0.2, 0) is 12.6 Å². The fourth-order valence-electron chi connectivity index (χ4n) is 2.38. The SMILES string of the molecule is C=Nc1c(CCC)c(-c2ccccn2)cc(Cl)c1C(F)(F)F. The molecule has 1 aromatic carbocycles. The Morgan fingerprint density at radius 3 is 2.55 bits per heavy atom. The number of aliphatic imine (C=N–C) groups is 1. The molecule has 0 radical (unpaired) electrons. The van der Waals surface area contributed by atoms with Gasteiger partial charge in [0.2, 0.25) is 0 Å². The third-order valence-electron chi connectivity index (χ3n) is 3.24. The first-order valence-corrected chi connectivity index (χ1v) is 7.08. The molecular formula is C16H14ClF3N2. The molecule has 2 aromatic rings. The van der Waals surface area contributed by atoms with Gasteiger partial charge in [-0.2, -0.15) is 13.2 Å². The molecule has 0 bridgehead atoms. The van der Waals surface area contributed by atoms with E-state index >= 15 is 0 Å². The minimum absolute atomic E-state index is 0.206. The van der Waals surface area contributed by atoms with Crippen molar-refractivity contribution in [3.8, 4) is 11.3 Å². The Hall–Kier alpha value is -1.88. The second kappa shape index (κ2) is 6.48. The summed E-state index contributed by atoms with van der Waals surface area (Å²) in [6.45, 7) is 5.18. The lowest BCUT2D eigenvalue weighted by Crippen LogP contribution is -2.09. The maximum atomic E-state index is 13.3. The van der Waals surface area contributed by atoms with Crippen molar-refractivity contribution in [2.75, 3.05) is 0 Å². The lowest BCUT2D eigenvalue weighted by Gasteiger charge is -2.18. The number of rotatable bonds is 4. The highest BCUT2D eigenvalue weighted by molar-refractivity contribution is 6.32. The average molecular weight is 327 g/mol. The zero-order valence-corrected chi connectivity index (χ0v) is 12.7. The number of pyridine rings is 1. The summed E-state index contributed by atoms with van der Waals surface area (Å²) < 4.78 is 39.8. The van der Waals surface area contributed by atoms with Crippen LogP contribution in [0.4, 0.5) is 18.9 Å². The summed E-state index contributed by atoms with van der Waals surface area (Å²) in [7, 11) is 0. The van der Waals surface area contributed by atoms with Crippen LogP contribution in [0.5, 0.6) is 0 Å². The van der Waals surface area contributed by atoms with Crippen LogP contribution >= 0.6 is 11.6 Å². The number of benzene rings is 1. The Morgan fingerprint density at radius 1 is 1.32 bits per heavy atom. The van der Waals surface area contributed by atoms with E-state index in [4.69, 9.17) is 11.6 Å². The Kier molecular flexibility index (Phi) is 4.86. The summed E-state index contributed by atoms with van der Waals surface area (Å²) in [4.78, 5) is 7.82. The number of hydrogen-bond acceptors (Lipinski definition) is 2. The number of hydrogen-bond donors (Lipinski definition) is 0. The standard InChI is InChI=1S/C16H14ClF3N2/c1-3-6-10-11(13-7-4-5-8-22-13)9-12(17)14(15(10)21-2)16(18,19)20/h4-5,7-9H,2-3,6H2,1H3.